The Morgan fingerprint density at radius 3 is 1.97 bits per heavy atom. The second-order valence-corrected chi connectivity index (χ2v) is 11.4. The molecule has 0 N–H and O–H groups in total. The van der Waals surface area contributed by atoms with Crippen LogP contribution in [0.4, 0.5) is 0 Å². The first-order valence-corrected chi connectivity index (χ1v) is 15.1. The van der Waals surface area contributed by atoms with Gasteiger partial charge in [-0.1, -0.05) is 106 Å². The van der Waals surface area contributed by atoms with E-state index in [1.54, 1.807) is 30.3 Å². The molecule has 3 aromatic carbocycles. The van der Waals surface area contributed by atoms with Crippen molar-refractivity contribution in [3.8, 4) is 0 Å². The second kappa shape index (κ2) is 17.6. The Kier molecular flexibility index (Phi) is 15.7. The molecule has 0 radical (unpaired) electrons. The van der Waals surface area contributed by atoms with Crippen LogP contribution in [0.15, 0.2) is 95.2 Å². The quantitative estimate of drug-likeness (QED) is 0.0872. The predicted molar refractivity (Wildman–Crippen MR) is 145 cm³/mol. The normalized spacial score (nSPS) is 11.3. The van der Waals surface area contributed by atoms with E-state index in [2.05, 4.69) is 17.7 Å². The van der Waals surface area contributed by atoms with Gasteiger partial charge in [0.2, 0.25) is 0 Å². The fourth-order valence-electron chi connectivity index (χ4n) is 3.50. The van der Waals surface area contributed by atoms with Crippen LogP contribution in [0, 0.1) is 0 Å². The van der Waals surface area contributed by atoms with Gasteiger partial charge in [-0.05, 0) is 30.0 Å². The third kappa shape index (κ3) is 11.6. The number of hydrogen-bond donors (Lipinski definition) is 0. The monoisotopic (exact) mass is 596 g/mol. The number of unbranched alkanes of at least 4 members (excludes halogenated alkanes) is 6. The Labute approximate surface area is 235 Å². The minimum Gasteiger partial charge on any atom is -0.266 e. The molecule has 3 aromatic rings. The fraction of sp³-hybridized carbons (Fsp3) is 0.357. The topological polar surface area (TPSA) is 86.7 Å². The van der Waals surface area contributed by atoms with Crippen LogP contribution < -0.4 is 0 Å². The van der Waals surface area contributed by atoms with Crippen molar-refractivity contribution in [2.24, 2.45) is 0 Å². The summed E-state index contributed by atoms with van der Waals surface area (Å²) in [5.74, 6) is 0. The van der Waals surface area contributed by atoms with E-state index in [0.29, 0.717) is 0 Å². The standard InChI is InChI=1S/C19H26O3S.C9H10O3S.Zn/c1-2-3-4-5-6-7-10-16-22-23(20,21)19-15-11-13-17-12-8-9-14-18(17)19;1-2-8-12-13(10,11)9-6-4-3-5-7-9;/h8-9,11-15H,2-7,10,16H2,1H3;2-7H,1,8H2;. The van der Waals surface area contributed by atoms with Gasteiger partial charge < -0.3 is 0 Å². The molecule has 0 fully saturated rings. The number of benzene rings is 3. The Bertz CT molecular complexity index is 1270. The molecular formula is C28H36O6S2Zn. The smallest absolute Gasteiger partial charge is 0.266 e. The van der Waals surface area contributed by atoms with Crippen molar-refractivity contribution in [2.75, 3.05) is 13.2 Å². The second-order valence-electron chi connectivity index (χ2n) is 8.22. The average Bonchev–Trinajstić information content (AvgIpc) is 2.89. The summed E-state index contributed by atoms with van der Waals surface area (Å²) >= 11 is 0. The number of fused-ring (bicyclic) bond motifs is 1. The summed E-state index contributed by atoms with van der Waals surface area (Å²) in [6, 6.07) is 20.7. The van der Waals surface area contributed by atoms with E-state index in [-0.39, 0.29) is 42.5 Å². The molecule has 0 aromatic heterocycles. The first kappa shape index (κ1) is 33.1. The maximum absolute atomic E-state index is 12.4. The summed E-state index contributed by atoms with van der Waals surface area (Å²) in [4.78, 5) is 0.426. The summed E-state index contributed by atoms with van der Waals surface area (Å²) in [6.07, 6.45) is 9.37. The zero-order valence-electron chi connectivity index (χ0n) is 21.5. The van der Waals surface area contributed by atoms with Crippen molar-refractivity contribution < 1.29 is 44.7 Å². The van der Waals surface area contributed by atoms with Crippen LogP contribution in [0.25, 0.3) is 10.8 Å². The minimum atomic E-state index is -3.69. The molecule has 0 heterocycles. The van der Waals surface area contributed by atoms with Gasteiger partial charge in [-0.2, -0.15) is 16.8 Å². The Morgan fingerprint density at radius 1 is 0.703 bits per heavy atom. The van der Waals surface area contributed by atoms with Gasteiger partial charge in [-0.25, -0.2) is 0 Å². The Balaban J connectivity index is 0.000000417. The molecule has 0 bridgehead atoms. The maximum atomic E-state index is 12.4. The van der Waals surface area contributed by atoms with Gasteiger partial charge in [0, 0.05) is 24.9 Å². The molecule has 198 valence electrons. The van der Waals surface area contributed by atoms with E-state index in [1.807, 2.05) is 30.3 Å². The molecule has 0 amide bonds. The first-order valence-electron chi connectivity index (χ1n) is 12.2. The van der Waals surface area contributed by atoms with E-state index in [4.69, 9.17) is 4.18 Å². The molecule has 0 aliphatic carbocycles. The van der Waals surface area contributed by atoms with E-state index < -0.39 is 20.2 Å². The van der Waals surface area contributed by atoms with E-state index >= 15 is 0 Å². The molecule has 6 nitrogen and oxygen atoms in total. The van der Waals surface area contributed by atoms with Crippen LogP contribution in [0.3, 0.4) is 0 Å². The average molecular weight is 598 g/mol. The number of rotatable bonds is 14. The number of hydrogen-bond acceptors (Lipinski definition) is 6. The zero-order valence-corrected chi connectivity index (χ0v) is 26.1. The molecule has 0 spiro atoms. The van der Waals surface area contributed by atoms with Gasteiger partial charge in [0.05, 0.1) is 18.1 Å². The van der Waals surface area contributed by atoms with Crippen LogP contribution in [-0.4, -0.2) is 30.0 Å². The summed E-state index contributed by atoms with van der Waals surface area (Å²) in [5, 5.41) is 1.63. The van der Waals surface area contributed by atoms with E-state index in [1.165, 1.54) is 43.9 Å². The summed E-state index contributed by atoms with van der Waals surface area (Å²) in [5.41, 5.74) is 0. The third-order valence-corrected chi connectivity index (χ3v) is 8.05. The molecule has 0 aliphatic rings. The molecule has 0 saturated carbocycles. The summed E-state index contributed by atoms with van der Waals surface area (Å²) in [6.45, 7) is 5.83. The zero-order chi connectivity index (χ0) is 26.3. The third-order valence-electron chi connectivity index (χ3n) is 5.38. The van der Waals surface area contributed by atoms with Crippen LogP contribution in [0.2, 0.25) is 0 Å². The van der Waals surface area contributed by atoms with Crippen molar-refractivity contribution in [3.63, 3.8) is 0 Å². The van der Waals surface area contributed by atoms with Gasteiger partial charge in [0.1, 0.15) is 4.90 Å². The predicted octanol–water partition coefficient (Wildman–Crippen LogP) is 6.87. The Morgan fingerprint density at radius 2 is 1.30 bits per heavy atom. The molecule has 3 rings (SSSR count). The van der Waals surface area contributed by atoms with Crippen molar-refractivity contribution in [1.82, 2.24) is 0 Å². The van der Waals surface area contributed by atoms with Crippen LogP contribution >= 0.6 is 0 Å². The van der Waals surface area contributed by atoms with Gasteiger partial charge in [0.25, 0.3) is 20.2 Å². The van der Waals surface area contributed by atoms with Crippen molar-refractivity contribution in [3.05, 3.63) is 85.5 Å². The SMILES string of the molecule is C=CCOS(=O)(=O)c1ccccc1.CCCCCCCCCOS(=O)(=O)c1cccc2ccccc12.[Zn]. The maximum Gasteiger partial charge on any atom is 0.297 e. The molecule has 0 unspecified atom stereocenters. The molecule has 0 aliphatic heterocycles. The first-order chi connectivity index (χ1) is 17.3. The van der Waals surface area contributed by atoms with Gasteiger partial charge in [0.15, 0.2) is 0 Å². The molecular weight excluding hydrogens is 562 g/mol. The van der Waals surface area contributed by atoms with Crippen LogP contribution in [0.5, 0.6) is 0 Å². The Hall–Kier alpha value is -1.90. The fourth-order valence-corrected chi connectivity index (χ4v) is 5.56. The molecule has 9 heteroatoms. The van der Waals surface area contributed by atoms with Gasteiger partial charge in [-0.15, -0.1) is 6.58 Å². The van der Waals surface area contributed by atoms with Crippen molar-refractivity contribution in [2.45, 2.75) is 61.7 Å². The van der Waals surface area contributed by atoms with Crippen molar-refractivity contribution >= 4 is 31.0 Å². The molecule has 37 heavy (non-hydrogen) atoms. The largest absolute Gasteiger partial charge is 0.297 e. The summed E-state index contributed by atoms with van der Waals surface area (Å²) in [7, 11) is -7.28. The van der Waals surface area contributed by atoms with Crippen LogP contribution in [-0.2, 0) is 48.1 Å². The van der Waals surface area contributed by atoms with Gasteiger partial charge in [-0.3, -0.25) is 8.37 Å². The van der Waals surface area contributed by atoms with Crippen LogP contribution in [0.1, 0.15) is 51.9 Å². The van der Waals surface area contributed by atoms with Crippen molar-refractivity contribution in [1.29, 1.82) is 0 Å². The molecule has 0 saturated heterocycles. The minimum absolute atomic E-state index is 0. The van der Waals surface area contributed by atoms with Gasteiger partial charge >= 0.3 is 0 Å². The summed E-state index contributed by atoms with van der Waals surface area (Å²) < 4.78 is 57.3. The van der Waals surface area contributed by atoms with E-state index in [0.717, 1.165) is 30.0 Å². The van der Waals surface area contributed by atoms with E-state index in [9.17, 15) is 16.8 Å². The molecule has 0 atom stereocenters.